The van der Waals surface area contributed by atoms with Crippen molar-refractivity contribution < 1.29 is 24.9 Å². The fourth-order valence-electron chi connectivity index (χ4n) is 0.975. The monoisotopic (exact) mass is 162 g/mol. The summed E-state index contributed by atoms with van der Waals surface area (Å²) in [7, 11) is 0. The highest BCUT2D eigenvalue weighted by Crippen LogP contribution is 2.14. The topological polar surface area (TPSA) is 87.0 Å². The van der Waals surface area contributed by atoms with Crippen molar-refractivity contribution in [2.45, 2.75) is 18.3 Å². The molecule has 0 aromatic rings. The molecule has 1 saturated heterocycles. The number of carbonyl (C=O) groups excluding carboxylic acids is 1. The quantitative estimate of drug-likeness (QED) is 0.424. The van der Waals surface area contributed by atoms with Gasteiger partial charge in [-0.3, -0.25) is 4.79 Å². The van der Waals surface area contributed by atoms with E-state index in [9.17, 15) is 4.79 Å². The summed E-state index contributed by atoms with van der Waals surface area (Å²) in [4.78, 5) is 10.7. The van der Waals surface area contributed by atoms with Crippen LogP contribution in [0.4, 0.5) is 0 Å². The zero-order chi connectivity index (χ0) is 8.43. The normalized spacial score (nSPS) is 37.5. The van der Waals surface area contributed by atoms with Gasteiger partial charge in [-0.1, -0.05) is 0 Å². The van der Waals surface area contributed by atoms with Crippen molar-refractivity contribution in [2.24, 2.45) is 0 Å². The van der Waals surface area contributed by atoms with Gasteiger partial charge in [0.15, 0.2) is 5.78 Å². The average Bonchev–Trinajstić information content (AvgIpc) is 2.32. The molecule has 0 saturated carbocycles. The molecular weight excluding hydrogens is 152 g/mol. The molecule has 1 rings (SSSR count). The Kier molecular flexibility index (Phi) is 2.56. The van der Waals surface area contributed by atoms with Crippen LogP contribution in [0, 0.1) is 0 Å². The van der Waals surface area contributed by atoms with E-state index in [4.69, 9.17) is 20.1 Å². The summed E-state index contributed by atoms with van der Waals surface area (Å²) in [6, 6.07) is 0. The van der Waals surface area contributed by atoms with Gasteiger partial charge in [-0.2, -0.15) is 0 Å². The van der Waals surface area contributed by atoms with Crippen LogP contribution < -0.4 is 0 Å². The van der Waals surface area contributed by atoms with Gasteiger partial charge in [0, 0.05) is 0 Å². The summed E-state index contributed by atoms with van der Waals surface area (Å²) in [5.74, 6) is -0.603. The number of rotatable bonds is 2. The first-order valence-electron chi connectivity index (χ1n) is 3.28. The number of hydrogen-bond donors (Lipinski definition) is 3. The smallest absolute Gasteiger partial charge is 0.189 e. The Balaban J connectivity index is 2.54. The van der Waals surface area contributed by atoms with Crippen molar-refractivity contribution in [3.05, 3.63) is 0 Å². The molecule has 64 valence electrons. The Labute approximate surface area is 63.2 Å². The fraction of sp³-hybridized carbons (Fsp3) is 0.833. The molecule has 11 heavy (non-hydrogen) atoms. The first-order valence-corrected chi connectivity index (χ1v) is 3.28. The predicted molar refractivity (Wildman–Crippen MR) is 33.8 cm³/mol. The minimum absolute atomic E-state index is 0.0580. The van der Waals surface area contributed by atoms with Gasteiger partial charge in [0.25, 0.3) is 0 Å². The molecule has 1 fully saturated rings. The molecule has 3 atom stereocenters. The van der Waals surface area contributed by atoms with Crippen LogP contribution in [0.3, 0.4) is 0 Å². The average molecular weight is 162 g/mol. The van der Waals surface area contributed by atoms with Crippen molar-refractivity contribution >= 4 is 5.78 Å². The molecule has 1 aliphatic rings. The van der Waals surface area contributed by atoms with Crippen LogP contribution in [0.25, 0.3) is 0 Å². The zero-order valence-electron chi connectivity index (χ0n) is 5.80. The van der Waals surface area contributed by atoms with E-state index in [0.29, 0.717) is 0 Å². The molecule has 0 aliphatic carbocycles. The first kappa shape index (κ1) is 8.61. The molecule has 0 aromatic carbocycles. The van der Waals surface area contributed by atoms with Crippen molar-refractivity contribution in [3.63, 3.8) is 0 Å². The lowest BCUT2D eigenvalue weighted by atomic mass is 10.1. The standard InChI is InChI=1S/C6H10O5/c7-1-3(8)6-5(10)4(9)2-11-6/h4-7,9-10H,1-2H2/t4-,5+,6-/m0/s1. The summed E-state index contributed by atoms with van der Waals surface area (Å²) in [5, 5.41) is 26.3. The van der Waals surface area contributed by atoms with Crippen molar-refractivity contribution in [3.8, 4) is 0 Å². The molecule has 0 amide bonds. The van der Waals surface area contributed by atoms with E-state index in [0.717, 1.165) is 0 Å². The third kappa shape index (κ3) is 1.57. The van der Waals surface area contributed by atoms with E-state index in [-0.39, 0.29) is 6.61 Å². The van der Waals surface area contributed by atoms with Crippen LogP contribution in [0.5, 0.6) is 0 Å². The predicted octanol–water partition coefficient (Wildman–Crippen LogP) is -2.33. The molecular formula is C6H10O5. The fourth-order valence-corrected chi connectivity index (χ4v) is 0.975. The van der Waals surface area contributed by atoms with E-state index < -0.39 is 30.7 Å². The highest BCUT2D eigenvalue weighted by molar-refractivity contribution is 5.85. The van der Waals surface area contributed by atoms with Crippen LogP contribution in [0.2, 0.25) is 0 Å². The number of ketones is 1. The Bertz CT molecular complexity index is 157. The highest BCUT2D eigenvalue weighted by atomic mass is 16.5. The van der Waals surface area contributed by atoms with E-state index in [1.54, 1.807) is 0 Å². The number of aliphatic hydroxyl groups excluding tert-OH is 3. The lowest BCUT2D eigenvalue weighted by Crippen LogP contribution is -2.37. The van der Waals surface area contributed by atoms with Crippen LogP contribution in [0.1, 0.15) is 0 Å². The second-order valence-electron chi connectivity index (χ2n) is 2.44. The maximum atomic E-state index is 10.7. The maximum absolute atomic E-state index is 10.7. The third-order valence-electron chi connectivity index (χ3n) is 1.62. The largest absolute Gasteiger partial charge is 0.388 e. The molecule has 3 N–H and O–H groups in total. The minimum atomic E-state index is -1.20. The second kappa shape index (κ2) is 3.27. The molecule has 5 heteroatoms. The number of hydrogen-bond acceptors (Lipinski definition) is 5. The van der Waals surface area contributed by atoms with Gasteiger partial charge in [0.05, 0.1) is 6.61 Å². The Morgan fingerprint density at radius 3 is 2.55 bits per heavy atom. The summed E-state index contributed by atoms with van der Waals surface area (Å²) in [5.41, 5.74) is 0. The second-order valence-corrected chi connectivity index (χ2v) is 2.44. The number of Topliss-reactive ketones (excluding diaryl/α,β-unsaturated/α-hetero) is 1. The van der Waals surface area contributed by atoms with Crippen LogP contribution in [0.15, 0.2) is 0 Å². The number of aliphatic hydroxyl groups is 3. The lowest BCUT2D eigenvalue weighted by Gasteiger charge is -2.11. The van der Waals surface area contributed by atoms with E-state index >= 15 is 0 Å². The van der Waals surface area contributed by atoms with Gasteiger partial charge in [-0.05, 0) is 0 Å². The van der Waals surface area contributed by atoms with Gasteiger partial charge in [-0.25, -0.2) is 0 Å². The molecule has 5 nitrogen and oxygen atoms in total. The SMILES string of the molecule is O=C(CO)[C@@H]1OC[C@H](O)[C@H]1O. The van der Waals surface area contributed by atoms with E-state index in [2.05, 4.69) is 0 Å². The van der Waals surface area contributed by atoms with Crippen LogP contribution in [-0.2, 0) is 9.53 Å². The molecule has 0 unspecified atom stereocenters. The summed E-state index contributed by atoms with van der Waals surface area (Å²) in [6.07, 6.45) is -3.28. The number of carbonyl (C=O) groups is 1. The van der Waals surface area contributed by atoms with Gasteiger partial charge in [0.2, 0.25) is 0 Å². The summed E-state index contributed by atoms with van der Waals surface area (Å²) >= 11 is 0. The number of ether oxygens (including phenoxy) is 1. The van der Waals surface area contributed by atoms with Crippen molar-refractivity contribution in [1.29, 1.82) is 0 Å². The van der Waals surface area contributed by atoms with E-state index in [1.165, 1.54) is 0 Å². The lowest BCUT2D eigenvalue weighted by molar-refractivity contribution is -0.134. The first-order chi connectivity index (χ1) is 5.16. The molecule has 1 aliphatic heterocycles. The maximum Gasteiger partial charge on any atom is 0.189 e. The van der Waals surface area contributed by atoms with Crippen molar-refractivity contribution in [2.75, 3.05) is 13.2 Å². The molecule has 0 radical (unpaired) electrons. The molecule has 0 spiro atoms. The van der Waals surface area contributed by atoms with Crippen LogP contribution >= 0.6 is 0 Å². The van der Waals surface area contributed by atoms with E-state index in [1.807, 2.05) is 0 Å². The van der Waals surface area contributed by atoms with Gasteiger partial charge in [0.1, 0.15) is 24.9 Å². The van der Waals surface area contributed by atoms with Gasteiger partial charge < -0.3 is 20.1 Å². The van der Waals surface area contributed by atoms with Crippen LogP contribution in [-0.4, -0.2) is 52.6 Å². The van der Waals surface area contributed by atoms with Crippen molar-refractivity contribution in [1.82, 2.24) is 0 Å². The third-order valence-corrected chi connectivity index (χ3v) is 1.62. The zero-order valence-corrected chi connectivity index (χ0v) is 5.80. The van der Waals surface area contributed by atoms with Gasteiger partial charge >= 0.3 is 0 Å². The van der Waals surface area contributed by atoms with Gasteiger partial charge in [-0.15, -0.1) is 0 Å². The Hall–Kier alpha value is -0.490. The summed E-state index contributed by atoms with van der Waals surface area (Å²) < 4.78 is 4.72. The Morgan fingerprint density at radius 1 is 1.55 bits per heavy atom. The highest BCUT2D eigenvalue weighted by Gasteiger charge is 2.38. The minimum Gasteiger partial charge on any atom is -0.388 e. The Morgan fingerprint density at radius 2 is 2.18 bits per heavy atom. The molecule has 0 bridgehead atoms. The molecule has 1 heterocycles. The summed E-state index contributed by atoms with van der Waals surface area (Å²) in [6.45, 7) is -0.730. The molecule has 0 aromatic heterocycles.